The summed E-state index contributed by atoms with van der Waals surface area (Å²) >= 11 is 6.36. The van der Waals surface area contributed by atoms with Crippen LogP contribution in [0.4, 0.5) is 0 Å². The van der Waals surface area contributed by atoms with Crippen LogP contribution in [0, 0.1) is 0 Å². The highest BCUT2D eigenvalue weighted by Crippen LogP contribution is 2.36. The van der Waals surface area contributed by atoms with Gasteiger partial charge in [-0.05, 0) is 33.8 Å². The van der Waals surface area contributed by atoms with Crippen LogP contribution in [-0.2, 0) is 14.7 Å². The van der Waals surface area contributed by atoms with Crippen molar-refractivity contribution in [3.05, 3.63) is 23.0 Å². The van der Waals surface area contributed by atoms with Gasteiger partial charge < -0.3 is 9.31 Å². The Kier molecular flexibility index (Phi) is 3.73. The van der Waals surface area contributed by atoms with Crippen molar-refractivity contribution in [3.8, 4) is 0 Å². The summed E-state index contributed by atoms with van der Waals surface area (Å²) < 4.78 is 12.0. The molecule has 0 atom stereocenters. The second-order valence-electron chi connectivity index (χ2n) is 7.44. The SMILES string of the molecule is CC(C)(C)c1ncc(B2OC(C)(C)C(C)(C)O2)cc1Cl. The molecule has 110 valence electrons. The van der Waals surface area contributed by atoms with E-state index in [1.165, 1.54) is 0 Å². The molecule has 2 heterocycles. The summed E-state index contributed by atoms with van der Waals surface area (Å²) in [7, 11) is -0.418. The third-order valence-electron chi connectivity index (χ3n) is 4.10. The average molecular weight is 296 g/mol. The third-order valence-corrected chi connectivity index (χ3v) is 4.39. The fraction of sp³-hybridized carbons (Fsp3) is 0.667. The molecule has 2 rings (SSSR count). The molecule has 0 amide bonds. The summed E-state index contributed by atoms with van der Waals surface area (Å²) in [6.45, 7) is 14.4. The molecule has 1 aromatic rings. The summed E-state index contributed by atoms with van der Waals surface area (Å²) in [5.41, 5.74) is 0.965. The Morgan fingerprint density at radius 1 is 1.10 bits per heavy atom. The normalized spacial score (nSPS) is 21.3. The molecule has 0 spiro atoms. The van der Waals surface area contributed by atoms with Crippen molar-refractivity contribution in [3.63, 3.8) is 0 Å². The average Bonchev–Trinajstić information content (AvgIpc) is 2.46. The summed E-state index contributed by atoms with van der Waals surface area (Å²) in [6, 6.07) is 1.90. The maximum Gasteiger partial charge on any atom is 0.496 e. The van der Waals surface area contributed by atoms with Gasteiger partial charge in [0, 0.05) is 17.1 Å². The Morgan fingerprint density at radius 3 is 2.00 bits per heavy atom. The van der Waals surface area contributed by atoms with Gasteiger partial charge in [0.1, 0.15) is 0 Å². The van der Waals surface area contributed by atoms with Crippen molar-refractivity contribution >= 4 is 24.2 Å². The van der Waals surface area contributed by atoms with Crippen molar-refractivity contribution in [2.75, 3.05) is 0 Å². The zero-order valence-electron chi connectivity index (χ0n) is 13.4. The van der Waals surface area contributed by atoms with E-state index in [9.17, 15) is 0 Å². The molecular formula is C15H23BClNO2. The Bertz CT molecular complexity index is 507. The van der Waals surface area contributed by atoms with E-state index < -0.39 is 7.12 Å². The second-order valence-corrected chi connectivity index (χ2v) is 7.84. The van der Waals surface area contributed by atoms with Crippen molar-refractivity contribution in [1.82, 2.24) is 4.98 Å². The Morgan fingerprint density at radius 2 is 1.60 bits per heavy atom. The predicted octanol–water partition coefficient (Wildman–Crippen LogP) is 3.33. The first-order chi connectivity index (χ1) is 8.94. The van der Waals surface area contributed by atoms with E-state index in [1.54, 1.807) is 6.20 Å². The minimum absolute atomic E-state index is 0.0778. The van der Waals surface area contributed by atoms with Gasteiger partial charge in [-0.25, -0.2) is 0 Å². The highest BCUT2D eigenvalue weighted by molar-refractivity contribution is 6.62. The molecule has 20 heavy (non-hydrogen) atoms. The summed E-state index contributed by atoms with van der Waals surface area (Å²) in [5, 5.41) is 0.657. The molecule has 0 bridgehead atoms. The standard InChI is InChI=1S/C15H23BClNO2/c1-13(2,3)12-11(17)8-10(9-18-12)16-19-14(4,5)15(6,7)20-16/h8-9H,1-7H3. The molecule has 1 aliphatic heterocycles. The molecule has 0 radical (unpaired) electrons. The van der Waals surface area contributed by atoms with E-state index in [0.717, 1.165) is 11.2 Å². The van der Waals surface area contributed by atoms with E-state index in [2.05, 4.69) is 25.8 Å². The fourth-order valence-corrected chi connectivity index (χ4v) is 2.57. The lowest BCUT2D eigenvalue weighted by molar-refractivity contribution is 0.00578. The van der Waals surface area contributed by atoms with Crippen LogP contribution in [0.2, 0.25) is 5.02 Å². The minimum Gasteiger partial charge on any atom is -0.399 e. The Hall–Kier alpha value is -0.575. The number of nitrogens with zero attached hydrogens (tertiary/aromatic N) is 1. The molecule has 0 unspecified atom stereocenters. The van der Waals surface area contributed by atoms with Gasteiger partial charge in [-0.2, -0.15) is 0 Å². The molecule has 1 aromatic heterocycles. The zero-order valence-corrected chi connectivity index (χ0v) is 14.1. The van der Waals surface area contributed by atoms with Gasteiger partial charge in [0.2, 0.25) is 0 Å². The van der Waals surface area contributed by atoms with Crippen LogP contribution in [-0.4, -0.2) is 23.3 Å². The van der Waals surface area contributed by atoms with Gasteiger partial charge in [0.15, 0.2) is 0 Å². The fourth-order valence-electron chi connectivity index (χ4n) is 2.11. The van der Waals surface area contributed by atoms with E-state index in [-0.39, 0.29) is 16.6 Å². The van der Waals surface area contributed by atoms with E-state index >= 15 is 0 Å². The maximum absolute atomic E-state index is 6.36. The first-order valence-corrected chi connectivity index (χ1v) is 7.33. The third kappa shape index (κ3) is 2.74. The molecule has 1 aliphatic rings. The molecule has 0 saturated carbocycles. The van der Waals surface area contributed by atoms with Crippen LogP contribution in [0.1, 0.15) is 54.2 Å². The summed E-state index contributed by atoms with van der Waals surface area (Å²) in [5.74, 6) is 0. The van der Waals surface area contributed by atoms with Crippen molar-refractivity contribution in [2.45, 2.75) is 65.1 Å². The lowest BCUT2D eigenvalue weighted by Gasteiger charge is -2.32. The summed E-state index contributed by atoms with van der Waals surface area (Å²) in [4.78, 5) is 4.50. The van der Waals surface area contributed by atoms with Gasteiger partial charge in [-0.1, -0.05) is 32.4 Å². The smallest absolute Gasteiger partial charge is 0.399 e. The number of halogens is 1. The van der Waals surface area contributed by atoms with Crippen LogP contribution in [0.3, 0.4) is 0 Å². The molecule has 0 N–H and O–H groups in total. The second kappa shape index (κ2) is 4.72. The Balaban J connectivity index is 2.31. The van der Waals surface area contributed by atoms with Crippen molar-refractivity contribution in [1.29, 1.82) is 0 Å². The topological polar surface area (TPSA) is 31.4 Å². The molecule has 1 fully saturated rings. The van der Waals surface area contributed by atoms with Gasteiger partial charge in [-0.15, -0.1) is 0 Å². The maximum atomic E-state index is 6.36. The molecule has 0 aromatic carbocycles. The number of hydrogen-bond acceptors (Lipinski definition) is 3. The van der Waals surface area contributed by atoms with Crippen LogP contribution in [0.15, 0.2) is 12.3 Å². The van der Waals surface area contributed by atoms with Gasteiger partial charge in [0.25, 0.3) is 0 Å². The van der Waals surface area contributed by atoms with E-state index in [0.29, 0.717) is 5.02 Å². The molecule has 3 nitrogen and oxygen atoms in total. The first-order valence-electron chi connectivity index (χ1n) is 6.96. The van der Waals surface area contributed by atoms with Crippen molar-refractivity contribution < 1.29 is 9.31 Å². The highest BCUT2D eigenvalue weighted by atomic mass is 35.5. The zero-order chi connectivity index (χ0) is 15.3. The predicted molar refractivity (Wildman–Crippen MR) is 83.7 cm³/mol. The quantitative estimate of drug-likeness (QED) is 0.745. The van der Waals surface area contributed by atoms with Crippen LogP contribution in [0.5, 0.6) is 0 Å². The highest BCUT2D eigenvalue weighted by Gasteiger charge is 2.51. The summed E-state index contributed by atoms with van der Waals surface area (Å²) in [6.07, 6.45) is 1.80. The molecule has 0 aliphatic carbocycles. The first kappa shape index (κ1) is 15.8. The molecular weight excluding hydrogens is 272 g/mol. The molecule has 1 saturated heterocycles. The number of pyridine rings is 1. The molecule has 5 heteroatoms. The monoisotopic (exact) mass is 295 g/mol. The van der Waals surface area contributed by atoms with Crippen LogP contribution >= 0.6 is 11.6 Å². The number of rotatable bonds is 1. The van der Waals surface area contributed by atoms with Crippen LogP contribution in [0.25, 0.3) is 0 Å². The van der Waals surface area contributed by atoms with Crippen molar-refractivity contribution in [2.24, 2.45) is 0 Å². The van der Waals surface area contributed by atoms with E-state index in [4.69, 9.17) is 20.9 Å². The van der Waals surface area contributed by atoms with Crippen LogP contribution < -0.4 is 5.46 Å². The van der Waals surface area contributed by atoms with Gasteiger partial charge >= 0.3 is 7.12 Å². The minimum atomic E-state index is -0.418. The van der Waals surface area contributed by atoms with Gasteiger partial charge in [0.05, 0.1) is 21.9 Å². The number of hydrogen-bond donors (Lipinski definition) is 0. The number of aromatic nitrogens is 1. The lowest BCUT2D eigenvalue weighted by atomic mass is 9.79. The Labute approximate surface area is 127 Å². The lowest BCUT2D eigenvalue weighted by Crippen LogP contribution is -2.41. The largest absolute Gasteiger partial charge is 0.496 e. The van der Waals surface area contributed by atoms with E-state index in [1.807, 2.05) is 33.8 Å². The van der Waals surface area contributed by atoms with Gasteiger partial charge in [-0.3, -0.25) is 4.98 Å².